The zero-order valence-corrected chi connectivity index (χ0v) is 18.3. The van der Waals surface area contributed by atoms with Gasteiger partial charge in [0.15, 0.2) is 16.4 Å². The number of carbonyl (C=O) groups is 2. The fraction of sp³-hybridized carbons (Fsp3) is 0.261. The second kappa shape index (κ2) is 8.58. The van der Waals surface area contributed by atoms with E-state index in [0.717, 1.165) is 11.3 Å². The number of benzene rings is 2. The van der Waals surface area contributed by atoms with Gasteiger partial charge >= 0.3 is 5.97 Å². The number of amides is 1. The molecule has 0 aliphatic carbocycles. The SMILES string of the molecule is C[C@@]1(NC(=O)COC(=O)c2cn(-c3ccccc3)nc2-c2ccccc2)CCS(=O)(=O)C1. The van der Waals surface area contributed by atoms with E-state index in [2.05, 4.69) is 10.4 Å². The Morgan fingerprint density at radius 3 is 2.38 bits per heavy atom. The first kappa shape index (κ1) is 21.8. The van der Waals surface area contributed by atoms with Gasteiger partial charge in [-0.15, -0.1) is 0 Å². The van der Waals surface area contributed by atoms with E-state index in [1.54, 1.807) is 17.8 Å². The van der Waals surface area contributed by atoms with Crippen LogP contribution in [0.15, 0.2) is 66.9 Å². The summed E-state index contributed by atoms with van der Waals surface area (Å²) >= 11 is 0. The maximum atomic E-state index is 12.9. The average molecular weight is 454 g/mol. The van der Waals surface area contributed by atoms with Crippen LogP contribution in [0.4, 0.5) is 0 Å². The molecule has 2 heterocycles. The third-order valence-electron chi connectivity index (χ3n) is 5.28. The summed E-state index contributed by atoms with van der Waals surface area (Å²) in [5.74, 6) is -1.33. The van der Waals surface area contributed by atoms with Crippen molar-refractivity contribution in [2.75, 3.05) is 18.1 Å². The van der Waals surface area contributed by atoms with Crippen molar-refractivity contribution in [1.29, 1.82) is 0 Å². The minimum atomic E-state index is -3.17. The average Bonchev–Trinajstić information content (AvgIpc) is 3.34. The second-order valence-electron chi connectivity index (χ2n) is 8.06. The molecular weight excluding hydrogens is 430 g/mol. The van der Waals surface area contributed by atoms with Gasteiger partial charge in [0.1, 0.15) is 11.3 Å². The van der Waals surface area contributed by atoms with Crippen molar-refractivity contribution >= 4 is 21.7 Å². The van der Waals surface area contributed by atoms with E-state index in [9.17, 15) is 18.0 Å². The lowest BCUT2D eigenvalue weighted by atomic mass is 10.0. The molecule has 1 saturated heterocycles. The molecule has 0 spiro atoms. The van der Waals surface area contributed by atoms with E-state index in [-0.39, 0.29) is 17.1 Å². The van der Waals surface area contributed by atoms with Gasteiger partial charge in [-0.2, -0.15) is 5.10 Å². The highest BCUT2D eigenvalue weighted by atomic mass is 32.2. The normalized spacial score (nSPS) is 19.4. The Labute approximate surface area is 186 Å². The largest absolute Gasteiger partial charge is 0.452 e. The lowest BCUT2D eigenvalue weighted by Crippen LogP contribution is -2.48. The molecule has 8 nitrogen and oxygen atoms in total. The zero-order valence-electron chi connectivity index (χ0n) is 17.5. The highest BCUT2D eigenvalue weighted by Gasteiger charge is 2.39. The van der Waals surface area contributed by atoms with Crippen molar-refractivity contribution in [1.82, 2.24) is 15.1 Å². The molecular formula is C23H23N3O5S. The number of para-hydroxylation sites is 1. The Bertz CT molecular complexity index is 1240. The van der Waals surface area contributed by atoms with E-state index in [1.807, 2.05) is 60.7 Å². The van der Waals surface area contributed by atoms with E-state index < -0.39 is 33.9 Å². The van der Waals surface area contributed by atoms with Crippen molar-refractivity contribution in [3.63, 3.8) is 0 Å². The van der Waals surface area contributed by atoms with Crippen LogP contribution in [0.1, 0.15) is 23.7 Å². The first-order chi connectivity index (χ1) is 15.2. The fourth-order valence-electron chi connectivity index (χ4n) is 3.74. The molecule has 166 valence electrons. The predicted octanol–water partition coefficient (Wildman–Crippen LogP) is 2.39. The Balaban J connectivity index is 1.51. The van der Waals surface area contributed by atoms with Crippen LogP contribution in [0.5, 0.6) is 0 Å². The van der Waals surface area contributed by atoms with Crippen LogP contribution < -0.4 is 5.32 Å². The summed E-state index contributed by atoms with van der Waals surface area (Å²) in [6.45, 7) is 1.16. The van der Waals surface area contributed by atoms with Gasteiger partial charge in [-0.3, -0.25) is 4.79 Å². The smallest absolute Gasteiger partial charge is 0.342 e. The number of nitrogens with one attached hydrogen (secondary N) is 1. The number of sulfone groups is 1. The third kappa shape index (κ3) is 4.88. The van der Waals surface area contributed by atoms with Crippen LogP contribution in [0.3, 0.4) is 0 Å². The molecule has 0 radical (unpaired) electrons. The molecule has 1 atom stereocenters. The lowest BCUT2D eigenvalue weighted by Gasteiger charge is -2.23. The molecule has 1 fully saturated rings. The first-order valence-corrected chi connectivity index (χ1v) is 12.0. The molecule has 0 saturated carbocycles. The maximum absolute atomic E-state index is 12.9. The van der Waals surface area contributed by atoms with Gasteiger partial charge in [0, 0.05) is 11.8 Å². The predicted molar refractivity (Wildman–Crippen MR) is 119 cm³/mol. The molecule has 1 aromatic heterocycles. The number of nitrogens with zero attached hydrogens (tertiary/aromatic N) is 2. The fourth-order valence-corrected chi connectivity index (χ4v) is 5.83. The molecule has 3 aromatic rings. The molecule has 9 heteroatoms. The molecule has 1 aliphatic heterocycles. The van der Waals surface area contributed by atoms with Crippen molar-refractivity contribution in [3.8, 4) is 16.9 Å². The molecule has 4 rings (SSSR count). The minimum Gasteiger partial charge on any atom is -0.452 e. The molecule has 1 amide bonds. The van der Waals surface area contributed by atoms with Gasteiger partial charge < -0.3 is 10.1 Å². The molecule has 1 N–H and O–H groups in total. The van der Waals surface area contributed by atoms with E-state index in [1.165, 1.54) is 0 Å². The van der Waals surface area contributed by atoms with Gasteiger partial charge in [0.25, 0.3) is 5.91 Å². The standard InChI is InChI=1S/C23H23N3O5S/c1-23(12-13-32(29,30)16-23)24-20(27)15-31-22(28)19-14-26(18-10-6-3-7-11-18)25-21(19)17-8-4-2-5-9-17/h2-11,14H,12-13,15-16H2,1H3,(H,24,27)/t23-/m1/s1. The highest BCUT2D eigenvalue weighted by molar-refractivity contribution is 7.91. The van der Waals surface area contributed by atoms with Gasteiger partial charge in [-0.1, -0.05) is 48.5 Å². The van der Waals surface area contributed by atoms with Gasteiger partial charge in [0.05, 0.1) is 22.7 Å². The quantitative estimate of drug-likeness (QED) is 0.575. The van der Waals surface area contributed by atoms with Crippen LogP contribution >= 0.6 is 0 Å². The molecule has 2 aromatic carbocycles. The number of rotatable bonds is 6. The number of hydrogen-bond acceptors (Lipinski definition) is 6. The molecule has 0 unspecified atom stereocenters. The summed E-state index contributed by atoms with van der Waals surface area (Å²) < 4.78 is 30.3. The van der Waals surface area contributed by atoms with Crippen LogP contribution in [0, 0.1) is 0 Å². The van der Waals surface area contributed by atoms with Crippen molar-refractivity contribution in [2.24, 2.45) is 0 Å². The number of esters is 1. The lowest BCUT2D eigenvalue weighted by molar-refractivity contribution is -0.125. The second-order valence-corrected chi connectivity index (χ2v) is 10.2. The van der Waals surface area contributed by atoms with Crippen molar-refractivity contribution in [3.05, 3.63) is 72.4 Å². The van der Waals surface area contributed by atoms with E-state index >= 15 is 0 Å². The first-order valence-electron chi connectivity index (χ1n) is 10.1. The zero-order chi connectivity index (χ0) is 22.8. The Kier molecular flexibility index (Phi) is 5.84. The number of aromatic nitrogens is 2. The van der Waals surface area contributed by atoms with Crippen LogP contribution in [-0.2, 0) is 19.4 Å². The summed E-state index contributed by atoms with van der Waals surface area (Å²) in [4.78, 5) is 25.2. The Hall–Kier alpha value is -3.46. The van der Waals surface area contributed by atoms with E-state index in [4.69, 9.17) is 4.74 Å². The number of ether oxygens (including phenoxy) is 1. The summed E-state index contributed by atoms with van der Waals surface area (Å²) in [7, 11) is -3.17. The monoisotopic (exact) mass is 453 g/mol. The van der Waals surface area contributed by atoms with Crippen LogP contribution in [0.25, 0.3) is 16.9 Å². The van der Waals surface area contributed by atoms with Gasteiger partial charge in [0.2, 0.25) is 0 Å². The van der Waals surface area contributed by atoms with Gasteiger partial charge in [-0.05, 0) is 25.5 Å². The Morgan fingerprint density at radius 2 is 1.75 bits per heavy atom. The summed E-state index contributed by atoms with van der Waals surface area (Å²) in [6.07, 6.45) is 1.90. The van der Waals surface area contributed by atoms with Crippen LogP contribution in [0.2, 0.25) is 0 Å². The number of hydrogen-bond donors (Lipinski definition) is 1. The molecule has 1 aliphatic rings. The molecule has 32 heavy (non-hydrogen) atoms. The van der Waals surface area contributed by atoms with Crippen molar-refractivity contribution < 1.29 is 22.7 Å². The van der Waals surface area contributed by atoms with Crippen molar-refractivity contribution in [2.45, 2.75) is 18.9 Å². The molecule has 0 bridgehead atoms. The number of carbonyl (C=O) groups excluding carboxylic acids is 2. The summed E-state index contributed by atoms with van der Waals surface area (Å²) in [5, 5.41) is 7.24. The highest BCUT2D eigenvalue weighted by Crippen LogP contribution is 2.25. The maximum Gasteiger partial charge on any atom is 0.342 e. The topological polar surface area (TPSA) is 107 Å². The Morgan fingerprint density at radius 1 is 1.09 bits per heavy atom. The third-order valence-corrected chi connectivity index (χ3v) is 7.18. The van der Waals surface area contributed by atoms with Crippen LogP contribution in [-0.4, -0.2) is 53.7 Å². The van der Waals surface area contributed by atoms with E-state index in [0.29, 0.717) is 12.1 Å². The van der Waals surface area contributed by atoms with Gasteiger partial charge in [-0.25, -0.2) is 17.9 Å². The summed E-state index contributed by atoms with van der Waals surface area (Å²) in [5.41, 5.74) is 1.32. The minimum absolute atomic E-state index is 0.0304. The summed E-state index contributed by atoms with van der Waals surface area (Å²) in [6, 6.07) is 18.6.